The second kappa shape index (κ2) is 7.21. The highest BCUT2D eigenvalue weighted by atomic mass is 16.6. The van der Waals surface area contributed by atoms with E-state index in [4.69, 9.17) is 0 Å². The average molecular weight is 418 g/mol. The van der Waals surface area contributed by atoms with Gasteiger partial charge in [0.2, 0.25) is 5.88 Å². The highest BCUT2D eigenvalue weighted by Crippen LogP contribution is 2.38. The molecule has 0 aliphatic carbocycles. The van der Waals surface area contributed by atoms with Crippen LogP contribution >= 0.6 is 0 Å². The molecule has 0 atom stereocenters. The normalized spacial score (nSPS) is 13.9. The summed E-state index contributed by atoms with van der Waals surface area (Å²) in [5.41, 5.74) is 2.46. The number of aromatic nitrogens is 2. The topological polar surface area (TPSA) is 131 Å². The molecular weight excluding hydrogens is 400 g/mol. The molecule has 0 bridgehead atoms. The lowest BCUT2D eigenvalue weighted by atomic mass is 10.0. The molecule has 2 heterocycles. The van der Waals surface area contributed by atoms with E-state index >= 15 is 0 Å². The summed E-state index contributed by atoms with van der Waals surface area (Å²) >= 11 is 0. The first kappa shape index (κ1) is 20.0. The van der Waals surface area contributed by atoms with Crippen molar-refractivity contribution >= 4 is 28.7 Å². The summed E-state index contributed by atoms with van der Waals surface area (Å²) in [5, 5.41) is 22.0. The van der Waals surface area contributed by atoms with Gasteiger partial charge in [-0.05, 0) is 56.2 Å². The number of rotatable bonds is 3. The number of aliphatic imine (C=N–C) groups is 1. The molecule has 1 aromatic heterocycles. The van der Waals surface area contributed by atoms with Crippen molar-refractivity contribution in [1.29, 1.82) is 0 Å². The van der Waals surface area contributed by atoms with Gasteiger partial charge in [-0.15, -0.1) is 0 Å². The minimum absolute atomic E-state index is 0.118. The largest absolute Gasteiger partial charge is 0.494 e. The maximum Gasteiger partial charge on any atom is 0.335 e. The first-order valence-corrected chi connectivity index (χ1v) is 9.39. The zero-order valence-corrected chi connectivity index (χ0v) is 17.0. The molecule has 0 radical (unpaired) electrons. The van der Waals surface area contributed by atoms with Crippen LogP contribution in [0, 0.1) is 24.0 Å². The Hall–Kier alpha value is -4.27. The van der Waals surface area contributed by atoms with E-state index < -0.39 is 22.1 Å². The van der Waals surface area contributed by atoms with Crippen LogP contribution in [0.25, 0.3) is 17.3 Å². The number of non-ortho nitro benzene ring substituents is 1. The summed E-state index contributed by atoms with van der Waals surface area (Å²) in [6.45, 7) is 5.49. The molecule has 3 aromatic rings. The molecule has 156 valence electrons. The number of aryl methyl sites for hydroxylation is 2. The highest BCUT2D eigenvalue weighted by Gasteiger charge is 2.23. The predicted molar refractivity (Wildman–Crippen MR) is 118 cm³/mol. The molecule has 9 heteroatoms. The van der Waals surface area contributed by atoms with Gasteiger partial charge in [-0.1, -0.05) is 6.07 Å². The van der Waals surface area contributed by atoms with Crippen LogP contribution in [0.2, 0.25) is 0 Å². The Morgan fingerprint density at radius 2 is 1.84 bits per heavy atom. The quantitative estimate of drug-likeness (QED) is 0.497. The van der Waals surface area contributed by atoms with Crippen LogP contribution in [-0.4, -0.2) is 25.3 Å². The molecule has 31 heavy (non-hydrogen) atoms. The number of nitro benzene ring substituents is 1. The maximum absolute atomic E-state index is 12.5. The molecule has 0 fully saturated rings. The number of H-pyrrole nitrogens is 1. The number of aromatic amines is 1. The summed E-state index contributed by atoms with van der Waals surface area (Å²) < 4.78 is 1.01. The number of benzene rings is 2. The number of hydrogen-bond donors (Lipinski definition) is 2. The van der Waals surface area contributed by atoms with Crippen LogP contribution < -0.4 is 11.2 Å². The Morgan fingerprint density at radius 1 is 1.10 bits per heavy atom. The standard InChI is InChI=1S/C22H18N4O5/c1-11-4-5-14(8-12(11)2)25-21(28)18(20(27)24-22(25)29)10-16-13(3)23-19-7-6-15(26(30)31)9-17(16)19/h4-10,28H,1-3H3,(H,24,27,29)/b16-10+. The van der Waals surface area contributed by atoms with Crippen LogP contribution in [0.5, 0.6) is 5.88 Å². The van der Waals surface area contributed by atoms with Gasteiger partial charge >= 0.3 is 5.69 Å². The lowest BCUT2D eigenvalue weighted by molar-refractivity contribution is -0.384. The number of allylic oxidation sites excluding steroid dienone is 1. The second-order valence-electron chi connectivity index (χ2n) is 7.31. The number of nitro groups is 1. The first-order valence-electron chi connectivity index (χ1n) is 9.39. The Balaban J connectivity index is 1.94. The monoisotopic (exact) mass is 418 g/mol. The zero-order valence-electron chi connectivity index (χ0n) is 17.0. The Labute approximate surface area is 175 Å². The van der Waals surface area contributed by atoms with Gasteiger partial charge in [0, 0.05) is 29.0 Å². The smallest absolute Gasteiger partial charge is 0.335 e. The molecule has 2 N–H and O–H groups in total. The average Bonchev–Trinajstić information content (AvgIpc) is 3.01. The molecule has 9 nitrogen and oxygen atoms in total. The van der Waals surface area contributed by atoms with E-state index in [0.717, 1.165) is 15.7 Å². The van der Waals surface area contributed by atoms with Gasteiger partial charge in [-0.3, -0.25) is 24.9 Å². The molecule has 4 rings (SSSR count). The summed E-state index contributed by atoms with van der Waals surface area (Å²) in [6.07, 6.45) is 1.39. The summed E-state index contributed by atoms with van der Waals surface area (Å²) in [4.78, 5) is 42.2. The molecular formula is C22H18N4O5. The van der Waals surface area contributed by atoms with Crippen molar-refractivity contribution in [1.82, 2.24) is 9.55 Å². The lowest BCUT2D eigenvalue weighted by Gasteiger charge is -2.12. The van der Waals surface area contributed by atoms with E-state index in [-0.39, 0.29) is 11.3 Å². The fourth-order valence-electron chi connectivity index (χ4n) is 3.49. The van der Waals surface area contributed by atoms with Crippen LogP contribution in [0.15, 0.2) is 51.0 Å². The van der Waals surface area contributed by atoms with Crippen molar-refractivity contribution in [2.24, 2.45) is 4.99 Å². The van der Waals surface area contributed by atoms with Crippen molar-refractivity contribution in [3.8, 4) is 11.6 Å². The van der Waals surface area contributed by atoms with Gasteiger partial charge in [0.15, 0.2) is 0 Å². The Bertz CT molecular complexity index is 1440. The third kappa shape index (κ3) is 3.35. The Kier molecular flexibility index (Phi) is 4.65. The van der Waals surface area contributed by atoms with E-state index in [1.807, 2.05) is 19.9 Å². The van der Waals surface area contributed by atoms with Gasteiger partial charge in [-0.2, -0.15) is 0 Å². The van der Waals surface area contributed by atoms with Crippen molar-refractivity contribution in [2.45, 2.75) is 20.8 Å². The molecule has 0 unspecified atom stereocenters. The van der Waals surface area contributed by atoms with Crippen LogP contribution in [0.1, 0.15) is 29.2 Å². The fraction of sp³-hybridized carbons (Fsp3) is 0.136. The van der Waals surface area contributed by atoms with E-state index in [9.17, 15) is 24.8 Å². The number of fused-ring (bicyclic) bond motifs is 1. The molecule has 1 aliphatic heterocycles. The van der Waals surface area contributed by atoms with E-state index in [2.05, 4.69) is 9.98 Å². The minimum atomic E-state index is -0.777. The van der Waals surface area contributed by atoms with Crippen molar-refractivity contribution in [2.75, 3.05) is 0 Å². The van der Waals surface area contributed by atoms with Crippen molar-refractivity contribution in [3.63, 3.8) is 0 Å². The predicted octanol–water partition coefficient (Wildman–Crippen LogP) is 3.40. The molecule has 1 aliphatic rings. The highest BCUT2D eigenvalue weighted by molar-refractivity contribution is 6.31. The van der Waals surface area contributed by atoms with Crippen molar-refractivity contribution < 1.29 is 10.0 Å². The van der Waals surface area contributed by atoms with Crippen LogP contribution in [-0.2, 0) is 0 Å². The fourth-order valence-corrected chi connectivity index (χ4v) is 3.49. The Morgan fingerprint density at radius 3 is 2.52 bits per heavy atom. The minimum Gasteiger partial charge on any atom is -0.494 e. The molecule has 0 saturated heterocycles. The zero-order chi connectivity index (χ0) is 22.4. The van der Waals surface area contributed by atoms with Crippen LogP contribution in [0.4, 0.5) is 11.4 Å². The molecule has 0 saturated carbocycles. The van der Waals surface area contributed by atoms with Gasteiger partial charge in [0.25, 0.3) is 11.2 Å². The van der Waals surface area contributed by atoms with Gasteiger partial charge in [0.05, 0.1) is 16.3 Å². The summed E-state index contributed by atoms with van der Waals surface area (Å²) in [5.74, 6) is -0.531. The summed E-state index contributed by atoms with van der Waals surface area (Å²) in [7, 11) is 0. The third-order valence-electron chi connectivity index (χ3n) is 5.32. The molecule has 0 spiro atoms. The lowest BCUT2D eigenvalue weighted by Crippen LogP contribution is -2.30. The molecule has 0 amide bonds. The van der Waals surface area contributed by atoms with Gasteiger partial charge < -0.3 is 5.11 Å². The number of hydrogen-bond acceptors (Lipinski definition) is 6. The number of nitrogens with zero attached hydrogens (tertiary/aromatic N) is 3. The van der Waals surface area contributed by atoms with E-state index in [1.54, 1.807) is 19.1 Å². The van der Waals surface area contributed by atoms with Gasteiger partial charge in [-0.25, -0.2) is 9.36 Å². The number of nitrogens with one attached hydrogen (secondary N) is 1. The van der Waals surface area contributed by atoms with Crippen molar-refractivity contribution in [3.05, 3.63) is 89.6 Å². The van der Waals surface area contributed by atoms with Gasteiger partial charge in [0.1, 0.15) is 5.56 Å². The maximum atomic E-state index is 12.5. The SMILES string of the molecule is CC1=Nc2ccc([N+](=O)[O-])cc2/C1=C/c1c(O)n(-c2ccc(C)c(C)c2)c(=O)[nH]c1=O. The van der Waals surface area contributed by atoms with Crippen LogP contribution in [0.3, 0.4) is 0 Å². The third-order valence-corrected chi connectivity index (χ3v) is 5.32. The number of aromatic hydroxyl groups is 1. The van der Waals surface area contributed by atoms with E-state index in [0.29, 0.717) is 28.2 Å². The van der Waals surface area contributed by atoms with E-state index in [1.165, 1.54) is 24.3 Å². The molecule has 2 aromatic carbocycles. The second-order valence-corrected chi connectivity index (χ2v) is 7.31. The summed E-state index contributed by atoms with van der Waals surface area (Å²) in [6, 6.07) is 9.45. The first-order chi connectivity index (χ1) is 14.7.